The van der Waals surface area contributed by atoms with E-state index in [4.69, 9.17) is 10.5 Å². The van der Waals surface area contributed by atoms with Gasteiger partial charge in [0.25, 0.3) is 0 Å². The molecule has 1 heterocycles. The minimum Gasteiger partial charge on any atom is -0.383 e. The first-order valence-corrected chi connectivity index (χ1v) is 7.57. The van der Waals surface area contributed by atoms with E-state index in [9.17, 15) is 0 Å². The third-order valence-corrected chi connectivity index (χ3v) is 4.11. The number of guanidine groups is 1. The van der Waals surface area contributed by atoms with E-state index in [1.165, 1.54) is 0 Å². The van der Waals surface area contributed by atoms with Crippen molar-refractivity contribution >= 4 is 17.3 Å². The van der Waals surface area contributed by atoms with Crippen molar-refractivity contribution in [2.75, 3.05) is 20.3 Å². The van der Waals surface area contributed by atoms with Crippen LogP contribution in [-0.2, 0) is 11.3 Å². The number of hydrogen-bond donors (Lipinski definition) is 2. The van der Waals surface area contributed by atoms with Gasteiger partial charge in [-0.15, -0.1) is 11.3 Å². The summed E-state index contributed by atoms with van der Waals surface area (Å²) in [7, 11) is 1.65. The maximum atomic E-state index is 5.80. The Hall–Kier alpha value is -1.92. The van der Waals surface area contributed by atoms with Gasteiger partial charge in [-0.05, 0) is 6.92 Å². The second kappa shape index (κ2) is 7.75. The fraction of sp³-hybridized carbons (Fsp3) is 0.333. The van der Waals surface area contributed by atoms with Crippen LogP contribution >= 0.6 is 11.3 Å². The highest BCUT2D eigenvalue weighted by molar-refractivity contribution is 7.15. The van der Waals surface area contributed by atoms with Gasteiger partial charge in [-0.25, -0.2) is 9.98 Å². The van der Waals surface area contributed by atoms with Gasteiger partial charge >= 0.3 is 0 Å². The maximum absolute atomic E-state index is 5.80. The molecule has 2 aromatic rings. The number of rotatable bonds is 6. The Balaban J connectivity index is 2.01. The number of aromatic nitrogens is 1. The molecule has 2 rings (SSSR count). The smallest absolute Gasteiger partial charge is 0.189 e. The zero-order valence-electron chi connectivity index (χ0n) is 12.3. The number of aryl methyl sites for hydroxylation is 1. The molecule has 0 saturated heterocycles. The quantitative estimate of drug-likeness (QED) is 0.487. The predicted octanol–water partition coefficient (Wildman–Crippen LogP) is 2.17. The highest BCUT2D eigenvalue weighted by Crippen LogP contribution is 2.28. The van der Waals surface area contributed by atoms with Crippen LogP contribution in [-0.4, -0.2) is 31.2 Å². The third kappa shape index (κ3) is 4.54. The molecule has 112 valence electrons. The van der Waals surface area contributed by atoms with E-state index in [0.29, 0.717) is 25.7 Å². The second-order valence-electron chi connectivity index (χ2n) is 4.51. The summed E-state index contributed by atoms with van der Waals surface area (Å²) in [6, 6.07) is 10.2. The molecular weight excluding hydrogens is 284 g/mol. The number of methoxy groups -OCH3 is 1. The van der Waals surface area contributed by atoms with E-state index < -0.39 is 0 Å². The predicted molar refractivity (Wildman–Crippen MR) is 87.5 cm³/mol. The topological polar surface area (TPSA) is 72.5 Å². The van der Waals surface area contributed by atoms with Gasteiger partial charge in [0.05, 0.1) is 18.8 Å². The standard InChI is InChI=1S/C15H20N4OS/c1-11-13(10-18-15(16)17-8-9-20-2)21-14(19-11)12-6-4-3-5-7-12/h3-7H,8-10H2,1-2H3,(H3,16,17,18). The molecule has 0 unspecified atom stereocenters. The summed E-state index contributed by atoms with van der Waals surface area (Å²) in [4.78, 5) is 10.1. The summed E-state index contributed by atoms with van der Waals surface area (Å²) in [5.74, 6) is 0.432. The summed E-state index contributed by atoms with van der Waals surface area (Å²) in [5, 5.41) is 4.02. The summed E-state index contributed by atoms with van der Waals surface area (Å²) >= 11 is 1.66. The van der Waals surface area contributed by atoms with E-state index in [1.54, 1.807) is 18.4 Å². The van der Waals surface area contributed by atoms with Crippen molar-refractivity contribution < 1.29 is 4.74 Å². The Bertz CT molecular complexity index is 595. The van der Waals surface area contributed by atoms with Crippen LogP contribution in [0.15, 0.2) is 35.3 Å². The fourth-order valence-corrected chi connectivity index (χ4v) is 2.77. The van der Waals surface area contributed by atoms with Crippen LogP contribution in [0.2, 0.25) is 0 Å². The lowest BCUT2D eigenvalue weighted by Gasteiger charge is -2.03. The average molecular weight is 304 g/mol. The van der Waals surface area contributed by atoms with Crippen molar-refractivity contribution in [2.45, 2.75) is 13.5 Å². The monoisotopic (exact) mass is 304 g/mol. The van der Waals surface area contributed by atoms with Crippen LogP contribution in [0.1, 0.15) is 10.6 Å². The van der Waals surface area contributed by atoms with Gasteiger partial charge in [0, 0.05) is 24.1 Å². The Morgan fingerprint density at radius 1 is 1.38 bits per heavy atom. The van der Waals surface area contributed by atoms with E-state index in [1.807, 2.05) is 25.1 Å². The van der Waals surface area contributed by atoms with Crippen molar-refractivity contribution in [3.63, 3.8) is 0 Å². The first kappa shape index (κ1) is 15.5. The van der Waals surface area contributed by atoms with Crippen molar-refractivity contribution in [3.8, 4) is 10.6 Å². The molecule has 0 atom stereocenters. The Morgan fingerprint density at radius 2 is 2.14 bits per heavy atom. The molecule has 6 heteroatoms. The van der Waals surface area contributed by atoms with Crippen molar-refractivity contribution in [1.29, 1.82) is 0 Å². The second-order valence-corrected chi connectivity index (χ2v) is 5.60. The molecule has 0 spiro atoms. The van der Waals surface area contributed by atoms with Crippen LogP contribution < -0.4 is 11.1 Å². The van der Waals surface area contributed by atoms with Crippen molar-refractivity contribution in [3.05, 3.63) is 40.9 Å². The minimum atomic E-state index is 0.432. The van der Waals surface area contributed by atoms with Gasteiger partial charge in [-0.3, -0.25) is 0 Å². The molecule has 1 aromatic carbocycles. The molecule has 0 radical (unpaired) electrons. The van der Waals surface area contributed by atoms with E-state index in [2.05, 4.69) is 27.4 Å². The Morgan fingerprint density at radius 3 is 2.86 bits per heavy atom. The van der Waals surface area contributed by atoms with Gasteiger partial charge < -0.3 is 15.8 Å². The Kier molecular flexibility index (Phi) is 5.71. The van der Waals surface area contributed by atoms with Crippen LogP contribution in [0.5, 0.6) is 0 Å². The van der Waals surface area contributed by atoms with Crippen LogP contribution in [0.4, 0.5) is 0 Å². The molecule has 0 saturated carbocycles. The lowest BCUT2D eigenvalue weighted by atomic mass is 10.2. The van der Waals surface area contributed by atoms with E-state index in [0.717, 1.165) is 21.1 Å². The van der Waals surface area contributed by atoms with Gasteiger partial charge in [0.15, 0.2) is 5.96 Å². The lowest BCUT2D eigenvalue weighted by Crippen LogP contribution is -2.34. The SMILES string of the molecule is COCCNC(N)=NCc1sc(-c2ccccc2)nc1C. The van der Waals surface area contributed by atoms with Gasteiger partial charge in [0.1, 0.15) is 5.01 Å². The highest BCUT2D eigenvalue weighted by Gasteiger charge is 2.08. The molecule has 5 nitrogen and oxygen atoms in total. The minimum absolute atomic E-state index is 0.432. The molecule has 3 N–H and O–H groups in total. The molecule has 0 fully saturated rings. The Labute approximate surface area is 128 Å². The molecule has 0 aliphatic rings. The van der Waals surface area contributed by atoms with Crippen LogP contribution in [0, 0.1) is 6.92 Å². The average Bonchev–Trinajstić information content (AvgIpc) is 2.87. The number of nitrogens with two attached hydrogens (primary N) is 1. The molecule has 0 amide bonds. The lowest BCUT2D eigenvalue weighted by molar-refractivity contribution is 0.204. The third-order valence-electron chi connectivity index (χ3n) is 2.92. The molecule has 21 heavy (non-hydrogen) atoms. The number of ether oxygens (including phenoxy) is 1. The maximum Gasteiger partial charge on any atom is 0.189 e. The molecule has 0 aliphatic heterocycles. The molecule has 1 aromatic heterocycles. The fourth-order valence-electron chi connectivity index (χ4n) is 1.77. The number of nitrogens with one attached hydrogen (secondary N) is 1. The van der Waals surface area contributed by atoms with Gasteiger partial charge in [0.2, 0.25) is 0 Å². The summed E-state index contributed by atoms with van der Waals surface area (Å²) < 4.78 is 4.95. The molecule has 0 bridgehead atoms. The van der Waals surface area contributed by atoms with E-state index in [-0.39, 0.29) is 0 Å². The first-order chi connectivity index (χ1) is 10.2. The number of aliphatic imine (C=N–C) groups is 1. The number of thiazole rings is 1. The summed E-state index contributed by atoms with van der Waals surface area (Å²) in [6.07, 6.45) is 0. The van der Waals surface area contributed by atoms with Crippen molar-refractivity contribution in [1.82, 2.24) is 10.3 Å². The zero-order chi connectivity index (χ0) is 15.1. The van der Waals surface area contributed by atoms with Gasteiger partial charge in [-0.1, -0.05) is 30.3 Å². The van der Waals surface area contributed by atoms with Crippen molar-refractivity contribution in [2.24, 2.45) is 10.7 Å². The number of hydrogen-bond acceptors (Lipinski definition) is 4. The summed E-state index contributed by atoms with van der Waals surface area (Å²) in [5.41, 5.74) is 7.94. The van der Waals surface area contributed by atoms with Crippen LogP contribution in [0.25, 0.3) is 10.6 Å². The normalized spacial score (nSPS) is 11.6. The summed E-state index contributed by atoms with van der Waals surface area (Å²) in [6.45, 7) is 3.81. The highest BCUT2D eigenvalue weighted by atomic mass is 32.1. The number of benzene rings is 1. The zero-order valence-corrected chi connectivity index (χ0v) is 13.1. The first-order valence-electron chi connectivity index (χ1n) is 6.75. The largest absolute Gasteiger partial charge is 0.383 e. The van der Waals surface area contributed by atoms with Crippen LogP contribution in [0.3, 0.4) is 0 Å². The molecule has 0 aliphatic carbocycles. The van der Waals surface area contributed by atoms with E-state index >= 15 is 0 Å². The van der Waals surface area contributed by atoms with Gasteiger partial charge in [-0.2, -0.15) is 0 Å². The molecular formula is C15H20N4OS. The number of nitrogens with zero attached hydrogens (tertiary/aromatic N) is 2.